The standard InChI is InChI=1S/C14H12N4O2/c15-9-5-6-16-11(7-9)14(20)18-8-13(19)17-10-3-1-2-4-12(10)18/h1-7H,8H2,(H2,15,16)(H,17,19). The number of aromatic nitrogens is 1. The van der Waals surface area contributed by atoms with Gasteiger partial charge in [0.1, 0.15) is 12.2 Å². The summed E-state index contributed by atoms with van der Waals surface area (Å²) in [6.07, 6.45) is 1.47. The van der Waals surface area contributed by atoms with E-state index in [4.69, 9.17) is 5.73 Å². The molecule has 0 unspecified atom stereocenters. The Hall–Kier alpha value is -2.89. The number of hydrogen-bond donors (Lipinski definition) is 2. The Morgan fingerprint density at radius 2 is 2.10 bits per heavy atom. The van der Waals surface area contributed by atoms with Gasteiger partial charge in [-0.25, -0.2) is 0 Å². The van der Waals surface area contributed by atoms with Crippen molar-refractivity contribution in [3.8, 4) is 0 Å². The molecule has 1 aliphatic heterocycles. The summed E-state index contributed by atoms with van der Waals surface area (Å²) in [6, 6.07) is 10.2. The number of pyridine rings is 1. The zero-order chi connectivity index (χ0) is 14.1. The molecule has 1 aliphatic rings. The third-order valence-electron chi connectivity index (χ3n) is 3.02. The van der Waals surface area contributed by atoms with Crippen LogP contribution in [-0.2, 0) is 4.79 Å². The van der Waals surface area contributed by atoms with E-state index in [1.807, 2.05) is 6.07 Å². The van der Waals surface area contributed by atoms with Crippen LogP contribution in [0.1, 0.15) is 10.5 Å². The van der Waals surface area contributed by atoms with Crippen molar-refractivity contribution in [2.45, 2.75) is 0 Å². The number of nitrogens with zero attached hydrogens (tertiary/aromatic N) is 2. The van der Waals surface area contributed by atoms with Crippen molar-refractivity contribution < 1.29 is 9.59 Å². The van der Waals surface area contributed by atoms with Gasteiger partial charge in [-0.3, -0.25) is 19.5 Å². The highest BCUT2D eigenvalue weighted by atomic mass is 16.2. The molecule has 2 aromatic rings. The van der Waals surface area contributed by atoms with Gasteiger partial charge < -0.3 is 11.1 Å². The zero-order valence-corrected chi connectivity index (χ0v) is 10.5. The fourth-order valence-corrected chi connectivity index (χ4v) is 2.12. The summed E-state index contributed by atoms with van der Waals surface area (Å²) in [6.45, 7) is -0.0354. The molecule has 0 saturated heterocycles. The van der Waals surface area contributed by atoms with E-state index >= 15 is 0 Å². The number of nitrogens with one attached hydrogen (secondary N) is 1. The number of nitrogens with two attached hydrogens (primary N) is 1. The number of amides is 2. The van der Waals surface area contributed by atoms with E-state index in [-0.39, 0.29) is 24.1 Å². The van der Waals surface area contributed by atoms with Gasteiger partial charge in [0.05, 0.1) is 11.4 Å². The van der Waals surface area contributed by atoms with Crippen LogP contribution >= 0.6 is 0 Å². The van der Waals surface area contributed by atoms with E-state index in [9.17, 15) is 9.59 Å². The van der Waals surface area contributed by atoms with Gasteiger partial charge in [-0.2, -0.15) is 0 Å². The van der Waals surface area contributed by atoms with Crippen LogP contribution in [0.2, 0.25) is 0 Å². The molecule has 0 spiro atoms. The number of fused-ring (bicyclic) bond motifs is 1. The van der Waals surface area contributed by atoms with Crippen LogP contribution in [-0.4, -0.2) is 23.3 Å². The summed E-state index contributed by atoms with van der Waals surface area (Å²) in [5.74, 6) is -0.583. The van der Waals surface area contributed by atoms with Crippen molar-refractivity contribution >= 4 is 28.9 Å². The SMILES string of the molecule is Nc1ccnc(C(=O)N2CC(=O)Nc3ccccc32)c1. The zero-order valence-electron chi connectivity index (χ0n) is 10.5. The molecule has 6 nitrogen and oxygen atoms in total. The number of para-hydroxylation sites is 2. The summed E-state index contributed by atoms with van der Waals surface area (Å²) in [7, 11) is 0. The van der Waals surface area contributed by atoms with E-state index in [0.717, 1.165) is 0 Å². The van der Waals surface area contributed by atoms with Crippen LogP contribution in [0.4, 0.5) is 17.1 Å². The van der Waals surface area contributed by atoms with Crippen molar-refractivity contribution in [2.75, 3.05) is 22.5 Å². The van der Waals surface area contributed by atoms with Crippen molar-refractivity contribution in [3.05, 3.63) is 48.3 Å². The lowest BCUT2D eigenvalue weighted by atomic mass is 10.1. The Morgan fingerprint density at radius 1 is 1.30 bits per heavy atom. The minimum Gasteiger partial charge on any atom is -0.399 e. The number of carbonyl (C=O) groups excluding carboxylic acids is 2. The number of rotatable bonds is 1. The molecule has 1 aromatic heterocycles. The highest BCUT2D eigenvalue weighted by molar-refractivity contribution is 6.14. The van der Waals surface area contributed by atoms with Gasteiger partial charge in [-0.1, -0.05) is 12.1 Å². The molecule has 2 heterocycles. The Labute approximate surface area is 115 Å². The Morgan fingerprint density at radius 3 is 2.90 bits per heavy atom. The second-order valence-corrected chi connectivity index (χ2v) is 4.43. The highest BCUT2D eigenvalue weighted by Crippen LogP contribution is 2.29. The topological polar surface area (TPSA) is 88.3 Å². The maximum absolute atomic E-state index is 12.5. The molecule has 2 amide bonds. The fraction of sp³-hybridized carbons (Fsp3) is 0.0714. The quantitative estimate of drug-likeness (QED) is 0.815. The molecule has 3 rings (SSSR count). The molecule has 0 aliphatic carbocycles. The Kier molecular flexibility index (Phi) is 2.83. The monoisotopic (exact) mass is 268 g/mol. The lowest BCUT2D eigenvalue weighted by Gasteiger charge is -2.28. The molecule has 3 N–H and O–H groups in total. The summed E-state index contributed by atoms with van der Waals surface area (Å²) < 4.78 is 0. The van der Waals surface area contributed by atoms with Gasteiger partial charge in [-0.05, 0) is 24.3 Å². The number of hydrogen-bond acceptors (Lipinski definition) is 4. The molecular formula is C14H12N4O2. The van der Waals surface area contributed by atoms with Gasteiger partial charge in [0, 0.05) is 11.9 Å². The average molecular weight is 268 g/mol. The van der Waals surface area contributed by atoms with E-state index in [0.29, 0.717) is 17.1 Å². The predicted octanol–water partition coefficient (Wildman–Crippen LogP) is 1.26. The smallest absolute Gasteiger partial charge is 0.277 e. The molecule has 100 valence electrons. The minimum atomic E-state index is -0.348. The molecule has 0 radical (unpaired) electrons. The third-order valence-corrected chi connectivity index (χ3v) is 3.02. The molecular weight excluding hydrogens is 256 g/mol. The molecule has 0 saturated carbocycles. The van der Waals surface area contributed by atoms with Crippen molar-refractivity contribution in [3.63, 3.8) is 0 Å². The molecule has 1 aromatic carbocycles. The predicted molar refractivity (Wildman–Crippen MR) is 75.4 cm³/mol. The second-order valence-electron chi connectivity index (χ2n) is 4.43. The molecule has 20 heavy (non-hydrogen) atoms. The van der Waals surface area contributed by atoms with E-state index in [1.165, 1.54) is 17.2 Å². The number of nitrogen functional groups attached to an aromatic ring is 1. The minimum absolute atomic E-state index is 0.0354. The summed E-state index contributed by atoms with van der Waals surface area (Å²) >= 11 is 0. The maximum atomic E-state index is 12.5. The lowest BCUT2D eigenvalue weighted by molar-refractivity contribution is -0.115. The molecule has 0 fully saturated rings. The first-order chi connectivity index (χ1) is 9.65. The van der Waals surface area contributed by atoms with Crippen LogP contribution in [0.25, 0.3) is 0 Å². The van der Waals surface area contributed by atoms with Crippen LogP contribution in [0.5, 0.6) is 0 Å². The Balaban J connectivity index is 2.02. The second kappa shape index (κ2) is 4.65. The molecule has 0 atom stereocenters. The summed E-state index contributed by atoms with van der Waals surface area (Å²) in [5, 5.41) is 2.73. The highest BCUT2D eigenvalue weighted by Gasteiger charge is 2.27. The van der Waals surface area contributed by atoms with Crippen LogP contribution in [0, 0.1) is 0 Å². The van der Waals surface area contributed by atoms with Crippen LogP contribution in [0.15, 0.2) is 42.6 Å². The fourth-order valence-electron chi connectivity index (χ4n) is 2.12. The number of benzene rings is 1. The van der Waals surface area contributed by atoms with Crippen LogP contribution < -0.4 is 16.0 Å². The first-order valence-electron chi connectivity index (χ1n) is 6.07. The van der Waals surface area contributed by atoms with Crippen molar-refractivity contribution in [2.24, 2.45) is 0 Å². The summed E-state index contributed by atoms with van der Waals surface area (Å²) in [5.41, 5.74) is 7.60. The first kappa shape index (κ1) is 12.2. The van der Waals surface area contributed by atoms with Crippen molar-refractivity contribution in [1.82, 2.24) is 4.98 Å². The number of anilines is 3. The molecule has 6 heteroatoms. The van der Waals surface area contributed by atoms with Crippen LogP contribution in [0.3, 0.4) is 0 Å². The molecule has 0 bridgehead atoms. The summed E-state index contributed by atoms with van der Waals surface area (Å²) in [4.78, 5) is 29.6. The van der Waals surface area contributed by atoms with E-state index < -0.39 is 0 Å². The number of carbonyl (C=O) groups is 2. The third kappa shape index (κ3) is 2.07. The lowest BCUT2D eigenvalue weighted by Crippen LogP contribution is -2.42. The largest absolute Gasteiger partial charge is 0.399 e. The first-order valence-corrected chi connectivity index (χ1v) is 6.07. The van der Waals surface area contributed by atoms with Gasteiger partial charge in [0.25, 0.3) is 5.91 Å². The average Bonchev–Trinajstić information content (AvgIpc) is 2.45. The van der Waals surface area contributed by atoms with Gasteiger partial charge in [-0.15, -0.1) is 0 Å². The van der Waals surface area contributed by atoms with Crippen molar-refractivity contribution in [1.29, 1.82) is 0 Å². The van der Waals surface area contributed by atoms with Gasteiger partial charge in [0.15, 0.2) is 0 Å². The maximum Gasteiger partial charge on any atom is 0.277 e. The van der Waals surface area contributed by atoms with E-state index in [2.05, 4.69) is 10.3 Å². The van der Waals surface area contributed by atoms with E-state index in [1.54, 1.807) is 24.3 Å². The Bertz CT molecular complexity index is 699. The normalized spacial score (nSPS) is 13.6. The van der Waals surface area contributed by atoms with Gasteiger partial charge >= 0.3 is 0 Å². The van der Waals surface area contributed by atoms with Gasteiger partial charge in [0.2, 0.25) is 5.91 Å².